The first-order chi connectivity index (χ1) is 17.7. The molecule has 0 saturated carbocycles. The molecular weight excluding hydrogens is 514 g/mol. The summed E-state index contributed by atoms with van der Waals surface area (Å²) >= 11 is 2.54. The van der Waals surface area contributed by atoms with E-state index in [0.29, 0.717) is 21.7 Å². The molecule has 37 heavy (non-hydrogen) atoms. The molecule has 0 spiro atoms. The lowest BCUT2D eigenvalue weighted by atomic mass is 10.1. The van der Waals surface area contributed by atoms with E-state index in [0.717, 1.165) is 16.8 Å². The van der Waals surface area contributed by atoms with Gasteiger partial charge in [-0.15, -0.1) is 21.5 Å². The van der Waals surface area contributed by atoms with Gasteiger partial charge in [-0.25, -0.2) is 4.98 Å². The summed E-state index contributed by atoms with van der Waals surface area (Å²) in [6, 6.07) is 10.1. The van der Waals surface area contributed by atoms with Gasteiger partial charge >= 0.3 is 0 Å². The maximum Gasteiger partial charge on any atom is 0.273 e. The van der Waals surface area contributed by atoms with Crippen molar-refractivity contribution in [1.29, 1.82) is 0 Å². The Balaban J connectivity index is 1.56. The Morgan fingerprint density at radius 1 is 1.14 bits per heavy atom. The van der Waals surface area contributed by atoms with Crippen LogP contribution in [0.5, 0.6) is 0 Å². The first-order valence-electron chi connectivity index (χ1n) is 11.1. The van der Waals surface area contributed by atoms with Crippen LogP contribution in [-0.4, -0.2) is 42.2 Å². The van der Waals surface area contributed by atoms with Crippen molar-refractivity contribution in [3.63, 3.8) is 0 Å². The molecule has 13 heteroatoms. The molecule has 2 aromatic heterocycles. The van der Waals surface area contributed by atoms with Crippen molar-refractivity contribution in [2.45, 2.75) is 32.5 Å². The first kappa shape index (κ1) is 26.0. The number of hydrogen-bond donors (Lipinski definition) is 2. The molecule has 2 N–H and O–H groups in total. The van der Waals surface area contributed by atoms with Crippen molar-refractivity contribution in [1.82, 2.24) is 25.1 Å². The first-order valence-corrected chi connectivity index (χ1v) is 13.0. The number of carbonyl (C=O) groups is 2. The molecule has 0 fully saturated rings. The second-order valence-corrected chi connectivity index (χ2v) is 9.91. The molecule has 0 bridgehead atoms. The van der Waals surface area contributed by atoms with Crippen molar-refractivity contribution < 1.29 is 14.5 Å². The van der Waals surface area contributed by atoms with E-state index in [9.17, 15) is 19.7 Å². The Morgan fingerprint density at radius 2 is 1.95 bits per heavy atom. The van der Waals surface area contributed by atoms with E-state index in [1.54, 1.807) is 18.5 Å². The van der Waals surface area contributed by atoms with Crippen LogP contribution in [0.25, 0.3) is 5.69 Å². The number of nitrogens with one attached hydrogen (secondary N) is 2. The molecule has 0 aliphatic carbocycles. The number of nitrogens with zero attached hydrogens (tertiary/aromatic N) is 5. The van der Waals surface area contributed by atoms with Gasteiger partial charge in [0.1, 0.15) is 0 Å². The number of rotatable bonds is 9. The zero-order valence-electron chi connectivity index (χ0n) is 20.2. The number of nitro benzene ring substituents is 1. The Bertz CT molecular complexity index is 1470. The smallest absolute Gasteiger partial charge is 0.273 e. The molecule has 2 amide bonds. The van der Waals surface area contributed by atoms with Crippen LogP contribution in [0, 0.1) is 30.9 Å². The molecule has 2 heterocycles. The summed E-state index contributed by atoms with van der Waals surface area (Å²) in [6.07, 6.45) is 1.61. The van der Waals surface area contributed by atoms with Crippen molar-refractivity contribution in [2.24, 2.45) is 0 Å². The van der Waals surface area contributed by atoms with Crippen LogP contribution in [0.4, 0.5) is 10.8 Å². The Morgan fingerprint density at radius 3 is 2.68 bits per heavy atom. The average molecular weight is 538 g/mol. The quantitative estimate of drug-likeness (QED) is 0.183. The summed E-state index contributed by atoms with van der Waals surface area (Å²) in [5.74, 6) is -0.171. The number of benzene rings is 2. The lowest BCUT2D eigenvalue weighted by molar-refractivity contribution is -0.385. The molecule has 0 atom stereocenters. The summed E-state index contributed by atoms with van der Waals surface area (Å²) in [7, 11) is 0. The molecule has 0 radical (unpaired) electrons. The fourth-order valence-corrected chi connectivity index (χ4v) is 4.82. The summed E-state index contributed by atoms with van der Waals surface area (Å²) in [5, 5.41) is 28.1. The SMILES string of the molecule is Cc1ccc(C(=O)NCc2nnc(SCC(=O)Nc3nccs3)n2-c2cccc(C)c2C)cc1[N+](=O)[O-]. The topological polar surface area (TPSA) is 145 Å². The van der Waals surface area contributed by atoms with E-state index >= 15 is 0 Å². The molecule has 190 valence electrons. The molecule has 0 aliphatic heterocycles. The zero-order chi connectivity index (χ0) is 26.5. The lowest BCUT2D eigenvalue weighted by Crippen LogP contribution is -2.25. The molecule has 0 aliphatic rings. The van der Waals surface area contributed by atoms with Gasteiger partial charge in [-0.3, -0.25) is 24.3 Å². The van der Waals surface area contributed by atoms with Crippen LogP contribution < -0.4 is 10.6 Å². The number of amides is 2. The van der Waals surface area contributed by atoms with E-state index in [1.165, 1.54) is 41.3 Å². The Kier molecular flexibility index (Phi) is 7.94. The van der Waals surface area contributed by atoms with Gasteiger partial charge in [-0.1, -0.05) is 30.0 Å². The van der Waals surface area contributed by atoms with E-state index in [1.807, 2.05) is 36.6 Å². The third-order valence-electron chi connectivity index (χ3n) is 5.60. The third kappa shape index (κ3) is 6.01. The number of aromatic nitrogens is 4. The summed E-state index contributed by atoms with van der Waals surface area (Å²) in [4.78, 5) is 40.0. The van der Waals surface area contributed by atoms with Crippen LogP contribution in [0.1, 0.15) is 32.9 Å². The molecular formula is C24H23N7O4S2. The number of thioether (sulfide) groups is 1. The van der Waals surface area contributed by atoms with Gasteiger partial charge in [0.25, 0.3) is 11.6 Å². The maximum atomic E-state index is 12.8. The van der Waals surface area contributed by atoms with Crippen LogP contribution in [0.2, 0.25) is 0 Å². The highest BCUT2D eigenvalue weighted by molar-refractivity contribution is 7.99. The molecule has 2 aromatic carbocycles. The normalized spacial score (nSPS) is 10.8. The van der Waals surface area contributed by atoms with Gasteiger partial charge in [0.2, 0.25) is 5.91 Å². The number of carbonyl (C=O) groups excluding carboxylic acids is 2. The number of hydrogen-bond acceptors (Lipinski definition) is 9. The molecule has 0 unspecified atom stereocenters. The molecule has 4 rings (SSSR count). The highest BCUT2D eigenvalue weighted by Crippen LogP contribution is 2.26. The van der Waals surface area contributed by atoms with Gasteiger partial charge in [0.05, 0.1) is 22.9 Å². The van der Waals surface area contributed by atoms with E-state index in [-0.39, 0.29) is 29.5 Å². The van der Waals surface area contributed by atoms with Gasteiger partial charge in [0, 0.05) is 28.8 Å². The highest BCUT2D eigenvalue weighted by Gasteiger charge is 2.20. The van der Waals surface area contributed by atoms with Crippen LogP contribution >= 0.6 is 23.1 Å². The maximum absolute atomic E-state index is 12.8. The lowest BCUT2D eigenvalue weighted by Gasteiger charge is -2.15. The molecule has 4 aromatic rings. The summed E-state index contributed by atoms with van der Waals surface area (Å²) in [5.41, 5.74) is 3.40. The predicted octanol–water partition coefficient (Wildman–Crippen LogP) is 4.22. The number of thiazole rings is 1. The Hall–Kier alpha value is -4.10. The van der Waals surface area contributed by atoms with Gasteiger partial charge in [-0.2, -0.15) is 0 Å². The third-order valence-corrected chi connectivity index (χ3v) is 7.22. The van der Waals surface area contributed by atoms with E-state index in [4.69, 9.17) is 0 Å². The minimum Gasteiger partial charge on any atom is -0.345 e. The fourth-order valence-electron chi connectivity index (χ4n) is 3.51. The number of aryl methyl sites for hydroxylation is 2. The zero-order valence-corrected chi connectivity index (χ0v) is 21.9. The predicted molar refractivity (Wildman–Crippen MR) is 141 cm³/mol. The second-order valence-electron chi connectivity index (χ2n) is 8.07. The van der Waals surface area contributed by atoms with Crippen LogP contribution in [-0.2, 0) is 11.3 Å². The van der Waals surface area contributed by atoms with Gasteiger partial charge < -0.3 is 10.6 Å². The summed E-state index contributed by atoms with van der Waals surface area (Å²) in [6.45, 7) is 5.60. The van der Waals surface area contributed by atoms with Crippen molar-refractivity contribution in [3.8, 4) is 5.69 Å². The average Bonchev–Trinajstić information content (AvgIpc) is 3.53. The minimum absolute atomic E-state index is 0.0206. The van der Waals surface area contributed by atoms with Gasteiger partial charge in [0.15, 0.2) is 16.1 Å². The van der Waals surface area contributed by atoms with Crippen molar-refractivity contribution >= 4 is 45.7 Å². The van der Waals surface area contributed by atoms with Crippen molar-refractivity contribution in [3.05, 3.63) is 86.2 Å². The standard InChI is InChI=1S/C24H23N7O4S2/c1-14-5-4-6-18(16(14)3)30-20(12-26-22(33)17-8-7-15(2)19(11-17)31(34)35)28-29-24(30)37-13-21(32)27-23-25-9-10-36-23/h4-11H,12-13H2,1-3H3,(H,26,33)(H,25,27,32). The monoisotopic (exact) mass is 537 g/mol. The van der Waals surface area contributed by atoms with Crippen LogP contribution in [0.15, 0.2) is 53.1 Å². The Labute approximate surface area is 220 Å². The van der Waals surface area contributed by atoms with E-state index < -0.39 is 10.8 Å². The van der Waals surface area contributed by atoms with E-state index in [2.05, 4.69) is 25.8 Å². The number of nitro groups is 1. The number of anilines is 1. The molecule has 0 saturated heterocycles. The fraction of sp³-hybridized carbons (Fsp3) is 0.208. The van der Waals surface area contributed by atoms with Crippen LogP contribution in [0.3, 0.4) is 0 Å². The second kappa shape index (κ2) is 11.3. The van der Waals surface area contributed by atoms with Crippen molar-refractivity contribution in [2.75, 3.05) is 11.1 Å². The minimum atomic E-state index is -0.516. The van der Waals surface area contributed by atoms with Gasteiger partial charge in [-0.05, 0) is 44.0 Å². The highest BCUT2D eigenvalue weighted by atomic mass is 32.2. The molecule has 11 nitrogen and oxygen atoms in total. The largest absolute Gasteiger partial charge is 0.345 e. The summed E-state index contributed by atoms with van der Waals surface area (Å²) < 4.78 is 1.81.